The van der Waals surface area contributed by atoms with Crippen LogP contribution in [0, 0.1) is 12.8 Å². The van der Waals surface area contributed by atoms with Gasteiger partial charge in [0.15, 0.2) is 9.84 Å². The van der Waals surface area contributed by atoms with Crippen LogP contribution in [-0.2, 0) is 21.1 Å². The van der Waals surface area contributed by atoms with E-state index >= 15 is 0 Å². The van der Waals surface area contributed by atoms with Crippen molar-refractivity contribution in [3.8, 4) is 0 Å². The summed E-state index contributed by atoms with van der Waals surface area (Å²) < 4.78 is 29.4. The number of methoxy groups -OCH3 is 1. The van der Waals surface area contributed by atoms with Gasteiger partial charge in [0.1, 0.15) is 4.75 Å². The van der Waals surface area contributed by atoms with Gasteiger partial charge >= 0.3 is 0 Å². The van der Waals surface area contributed by atoms with E-state index in [1.807, 2.05) is 12.4 Å². The van der Waals surface area contributed by atoms with Gasteiger partial charge in [-0.3, -0.25) is 4.90 Å². The van der Waals surface area contributed by atoms with Crippen molar-refractivity contribution >= 4 is 21.2 Å². The molecule has 1 aromatic heterocycles. The number of hydrogen-bond acceptors (Lipinski definition) is 6. The topological polar surface area (TPSA) is 59.5 Å². The number of rotatable bonds is 4. The van der Waals surface area contributed by atoms with Gasteiger partial charge < -0.3 is 4.74 Å². The zero-order valence-corrected chi connectivity index (χ0v) is 13.5. The zero-order chi connectivity index (χ0) is 14.4. The Labute approximate surface area is 123 Å². The number of nitrogens with zero attached hydrogens (tertiary/aromatic N) is 2. The normalized spacial score (nSPS) is 27.8. The third-order valence-electron chi connectivity index (χ3n) is 4.66. The third-order valence-corrected chi connectivity index (χ3v) is 8.18. The van der Waals surface area contributed by atoms with Gasteiger partial charge in [-0.1, -0.05) is 0 Å². The number of thiazole rings is 1. The third kappa shape index (κ3) is 2.11. The van der Waals surface area contributed by atoms with Crippen molar-refractivity contribution in [2.24, 2.45) is 5.92 Å². The van der Waals surface area contributed by atoms with Crippen molar-refractivity contribution in [3.05, 3.63) is 16.1 Å². The SMILES string of the molecule is COCC1CCS(=O)(=O)C12CN(Cc1scnc1C)C2. The number of sulfone groups is 1. The fraction of sp³-hybridized carbons (Fsp3) is 0.769. The predicted octanol–water partition coefficient (Wildman–Crippen LogP) is 1.09. The molecule has 2 fully saturated rings. The molecule has 1 unspecified atom stereocenters. The maximum atomic E-state index is 12.4. The molecule has 20 heavy (non-hydrogen) atoms. The van der Waals surface area contributed by atoms with Gasteiger partial charge in [-0.15, -0.1) is 11.3 Å². The molecule has 0 bridgehead atoms. The Morgan fingerprint density at radius 3 is 2.90 bits per heavy atom. The number of ether oxygens (including phenoxy) is 1. The fourth-order valence-electron chi connectivity index (χ4n) is 3.41. The smallest absolute Gasteiger partial charge is 0.158 e. The first-order chi connectivity index (χ1) is 9.48. The van der Waals surface area contributed by atoms with Gasteiger partial charge in [0.05, 0.1) is 23.6 Å². The van der Waals surface area contributed by atoms with Crippen LogP contribution < -0.4 is 0 Å². The summed E-state index contributed by atoms with van der Waals surface area (Å²) in [6.07, 6.45) is 0.740. The van der Waals surface area contributed by atoms with Gasteiger partial charge in [-0.2, -0.15) is 0 Å². The van der Waals surface area contributed by atoms with Crippen molar-refractivity contribution in [1.82, 2.24) is 9.88 Å². The van der Waals surface area contributed by atoms with Gasteiger partial charge in [0, 0.05) is 37.5 Å². The van der Waals surface area contributed by atoms with E-state index in [0.717, 1.165) is 18.7 Å². The van der Waals surface area contributed by atoms with Crippen molar-refractivity contribution in [1.29, 1.82) is 0 Å². The Morgan fingerprint density at radius 1 is 1.55 bits per heavy atom. The second kappa shape index (κ2) is 5.05. The molecule has 2 aliphatic rings. The average Bonchev–Trinajstić information content (AvgIpc) is 2.84. The molecule has 0 radical (unpaired) electrons. The summed E-state index contributed by atoms with van der Waals surface area (Å²) in [6.45, 7) is 4.64. The minimum absolute atomic E-state index is 0.149. The standard InChI is InChI=1S/C13H20N2O3S2/c1-10-12(19-9-14-10)5-15-7-13(8-15)11(6-18-2)3-4-20(13,16)17/h9,11H,3-8H2,1-2H3. The average molecular weight is 316 g/mol. The lowest BCUT2D eigenvalue weighted by atomic mass is 9.83. The van der Waals surface area contributed by atoms with Crippen LogP contribution in [0.3, 0.4) is 0 Å². The monoisotopic (exact) mass is 316 g/mol. The summed E-state index contributed by atoms with van der Waals surface area (Å²) in [4.78, 5) is 7.69. The molecule has 2 saturated heterocycles. The van der Waals surface area contributed by atoms with E-state index < -0.39 is 14.6 Å². The molecular weight excluding hydrogens is 296 g/mol. The quantitative estimate of drug-likeness (QED) is 0.832. The molecule has 1 spiro atoms. The number of aryl methyl sites for hydroxylation is 1. The lowest BCUT2D eigenvalue weighted by Crippen LogP contribution is -2.67. The van der Waals surface area contributed by atoms with Crippen LogP contribution in [0.15, 0.2) is 5.51 Å². The van der Waals surface area contributed by atoms with Crippen molar-refractivity contribution in [2.75, 3.05) is 32.6 Å². The molecule has 0 aliphatic carbocycles. The molecule has 3 rings (SSSR count). The summed E-state index contributed by atoms with van der Waals surface area (Å²) >= 11 is 1.64. The van der Waals surface area contributed by atoms with Gasteiger partial charge in [-0.05, 0) is 13.3 Å². The highest BCUT2D eigenvalue weighted by Gasteiger charge is 2.61. The Kier molecular flexibility index (Phi) is 3.64. The van der Waals surface area contributed by atoms with Crippen LogP contribution in [0.2, 0.25) is 0 Å². The van der Waals surface area contributed by atoms with E-state index in [2.05, 4.69) is 9.88 Å². The Morgan fingerprint density at radius 2 is 2.30 bits per heavy atom. The van der Waals surface area contributed by atoms with Gasteiger partial charge in [-0.25, -0.2) is 13.4 Å². The van der Waals surface area contributed by atoms with E-state index in [4.69, 9.17) is 4.74 Å². The summed E-state index contributed by atoms with van der Waals surface area (Å²) in [5, 5.41) is 0. The highest BCUT2D eigenvalue weighted by atomic mass is 32.2. The fourth-order valence-corrected chi connectivity index (χ4v) is 6.68. The molecule has 3 heterocycles. The molecule has 0 N–H and O–H groups in total. The van der Waals surface area contributed by atoms with E-state index in [9.17, 15) is 8.42 Å². The first-order valence-electron chi connectivity index (χ1n) is 6.81. The van der Waals surface area contributed by atoms with E-state index in [-0.39, 0.29) is 5.92 Å². The first-order valence-corrected chi connectivity index (χ1v) is 9.34. The number of hydrogen-bond donors (Lipinski definition) is 0. The molecule has 1 atom stereocenters. The Hall–Kier alpha value is -0.500. The molecular formula is C13H20N2O3S2. The van der Waals surface area contributed by atoms with E-state index in [1.165, 1.54) is 4.88 Å². The Balaban J connectivity index is 1.71. The summed E-state index contributed by atoms with van der Waals surface area (Å²) in [5.41, 5.74) is 2.90. The van der Waals surface area contributed by atoms with Crippen LogP contribution in [0.25, 0.3) is 0 Å². The van der Waals surface area contributed by atoms with Crippen LogP contribution >= 0.6 is 11.3 Å². The maximum absolute atomic E-state index is 12.4. The maximum Gasteiger partial charge on any atom is 0.158 e. The van der Waals surface area contributed by atoms with Crippen molar-refractivity contribution in [2.45, 2.75) is 24.6 Å². The van der Waals surface area contributed by atoms with Crippen molar-refractivity contribution < 1.29 is 13.2 Å². The zero-order valence-electron chi connectivity index (χ0n) is 11.8. The molecule has 2 aliphatic heterocycles. The van der Waals surface area contributed by atoms with E-state index in [1.54, 1.807) is 18.4 Å². The lowest BCUT2D eigenvalue weighted by molar-refractivity contribution is 0.0416. The minimum Gasteiger partial charge on any atom is -0.384 e. The molecule has 7 heteroatoms. The molecule has 5 nitrogen and oxygen atoms in total. The molecule has 112 valence electrons. The molecule has 0 amide bonds. The predicted molar refractivity (Wildman–Crippen MR) is 78.6 cm³/mol. The van der Waals surface area contributed by atoms with E-state index in [0.29, 0.717) is 25.4 Å². The van der Waals surface area contributed by atoms with Crippen molar-refractivity contribution in [3.63, 3.8) is 0 Å². The molecule has 0 aromatic carbocycles. The van der Waals surface area contributed by atoms with Gasteiger partial charge in [0.2, 0.25) is 0 Å². The number of aromatic nitrogens is 1. The Bertz CT molecular complexity index is 591. The summed E-state index contributed by atoms with van der Waals surface area (Å²) in [5.74, 6) is 0.463. The van der Waals surface area contributed by atoms with Crippen LogP contribution in [-0.4, -0.2) is 55.6 Å². The largest absolute Gasteiger partial charge is 0.384 e. The van der Waals surface area contributed by atoms with Crippen LogP contribution in [0.4, 0.5) is 0 Å². The summed E-state index contributed by atoms with van der Waals surface area (Å²) in [6, 6.07) is 0. The highest BCUT2D eigenvalue weighted by Crippen LogP contribution is 2.45. The minimum atomic E-state index is -2.98. The first kappa shape index (κ1) is 14.4. The second-order valence-electron chi connectivity index (χ2n) is 5.83. The van der Waals surface area contributed by atoms with Crippen LogP contribution in [0.5, 0.6) is 0 Å². The number of likely N-dealkylation sites (tertiary alicyclic amines) is 1. The lowest BCUT2D eigenvalue weighted by Gasteiger charge is -2.49. The summed E-state index contributed by atoms with van der Waals surface area (Å²) in [7, 11) is -1.33. The van der Waals surface area contributed by atoms with Crippen LogP contribution in [0.1, 0.15) is 17.0 Å². The molecule has 1 aromatic rings. The second-order valence-corrected chi connectivity index (χ2v) is 9.22. The highest BCUT2D eigenvalue weighted by molar-refractivity contribution is 7.93. The molecule has 0 saturated carbocycles. The van der Waals surface area contributed by atoms with Gasteiger partial charge in [0.25, 0.3) is 0 Å².